The van der Waals surface area contributed by atoms with Gasteiger partial charge in [-0.15, -0.1) is 0 Å². The Morgan fingerprint density at radius 1 is 1.00 bits per heavy atom. The summed E-state index contributed by atoms with van der Waals surface area (Å²) < 4.78 is 1.94. The van der Waals surface area contributed by atoms with E-state index in [0.717, 1.165) is 40.3 Å². The summed E-state index contributed by atoms with van der Waals surface area (Å²) in [5, 5.41) is 10.5. The van der Waals surface area contributed by atoms with Gasteiger partial charge in [0.15, 0.2) is 0 Å². The van der Waals surface area contributed by atoms with Crippen molar-refractivity contribution in [2.75, 3.05) is 22.5 Å². The molecule has 2 aromatic heterocycles. The molecule has 0 saturated heterocycles. The molecule has 0 unspecified atom stereocenters. The van der Waals surface area contributed by atoms with E-state index in [1.54, 1.807) is 0 Å². The highest BCUT2D eigenvalue weighted by molar-refractivity contribution is 5.92. The molecule has 3 N–H and O–H groups in total. The van der Waals surface area contributed by atoms with Crippen LogP contribution in [0.5, 0.6) is 0 Å². The van der Waals surface area contributed by atoms with Gasteiger partial charge in [0, 0.05) is 41.4 Å². The molecule has 0 bridgehead atoms. The van der Waals surface area contributed by atoms with Crippen molar-refractivity contribution in [3.05, 3.63) is 72.6 Å². The minimum absolute atomic E-state index is 0.0706. The number of carbonyl (C=O) groups excluding carboxylic acids is 1. The van der Waals surface area contributed by atoms with Crippen molar-refractivity contribution in [3.8, 4) is 0 Å². The second-order valence-corrected chi connectivity index (χ2v) is 7.00. The number of para-hydroxylation sites is 1. The Morgan fingerprint density at radius 3 is 2.57 bits per heavy atom. The highest BCUT2D eigenvalue weighted by atomic mass is 16.1. The third-order valence-electron chi connectivity index (χ3n) is 4.62. The summed E-state index contributed by atoms with van der Waals surface area (Å²) in [5.41, 5.74) is 3.55. The van der Waals surface area contributed by atoms with Gasteiger partial charge < -0.3 is 20.5 Å². The summed E-state index contributed by atoms with van der Waals surface area (Å²) in [6.45, 7) is 4.96. The maximum absolute atomic E-state index is 12.5. The number of nitrogens with one attached hydrogen (secondary N) is 3. The van der Waals surface area contributed by atoms with Gasteiger partial charge in [0.05, 0.1) is 0 Å². The molecule has 0 aliphatic heterocycles. The van der Waals surface area contributed by atoms with Crippen LogP contribution in [-0.4, -0.2) is 27.0 Å². The zero-order valence-corrected chi connectivity index (χ0v) is 17.0. The number of hydrogen-bond donors (Lipinski definition) is 3. The number of hydrogen-bond acceptors (Lipinski definition) is 5. The number of anilines is 4. The summed E-state index contributed by atoms with van der Waals surface area (Å²) in [4.78, 5) is 21.3. The van der Waals surface area contributed by atoms with Crippen LogP contribution in [0, 0.1) is 6.92 Å². The molecule has 152 valence electrons. The number of fused-ring (bicyclic) bond motifs is 1. The highest BCUT2D eigenvalue weighted by Gasteiger charge is 2.07. The second kappa shape index (κ2) is 8.65. The monoisotopic (exact) mass is 400 g/mol. The number of nitrogens with zero attached hydrogens (tertiary/aromatic N) is 3. The lowest BCUT2D eigenvalue weighted by Crippen LogP contribution is -2.18. The lowest BCUT2D eigenvalue weighted by molar-refractivity contribution is -0.116. The molecular formula is C23H24N6O. The first-order valence-corrected chi connectivity index (χ1v) is 9.91. The second-order valence-electron chi connectivity index (χ2n) is 7.00. The Morgan fingerprint density at radius 2 is 1.77 bits per heavy atom. The molecule has 0 spiro atoms. The van der Waals surface area contributed by atoms with Gasteiger partial charge in [-0.05, 0) is 55.6 Å². The van der Waals surface area contributed by atoms with E-state index in [9.17, 15) is 4.79 Å². The van der Waals surface area contributed by atoms with Gasteiger partial charge in [0.2, 0.25) is 11.9 Å². The van der Waals surface area contributed by atoms with E-state index in [0.29, 0.717) is 5.95 Å². The van der Waals surface area contributed by atoms with Crippen LogP contribution < -0.4 is 16.0 Å². The molecule has 0 aliphatic rings. The number of aromatic nitrogens is 3. The fraction of sp³-hybridized carbons (Fsp3) is 0.174. The molecule has 30 heavy (non-hydrogen) atoms. The number of rotatable bonds is 7. The summed E-state index contributed by atoms with van der Waals surface area (Å²) in [6, 6.07) is 19.5. The fourth-order valence-corrected chi connectivity index (χ4v) is 3.29. The van der Waals surface area contributed by atoms with Crippen molar-refractivity contribution < 1.29 is 4.79 Å². The van der Waals surface area contributed by atoms with Crippen LogP contribution in [0.2, 0.25) is 0 Å². The summed E-state index contributed by atoms with van der Waals surface area (Å²) in [6.07, 6.45) is 1.93. The maximum atomic E-state index is 12.5. The van der Waals surface area contributed by atoms with Crippen LogP contribution in [0.3, 0.4) is 0 Å². The molecule has 0 saturated carbocycles. The summed E-state index contributed by atoms with van der Waals surface area (Å²) >= 11 is 0. The van der Waals surface area contributed by atoms with Crippen LogP contribution >= 0.6 is 0 Å². The van der Waals surface area contributed by atoms with Crippen molar-refractivity contribution in [2.45, 2.75) is 20.4 Å². The van der Waals surface area contributed by atoms with E-state index < -0.39 is 0 Å². The van der Waals surface area contributed by atoms with Gasteiger partial charge in [-0.2, -0.15) is 4.98 Å². The molecule has 0 fully saturated rings. The number of carbonyl (C=O) groups is 1. The normalized spacial score (nSPS) is 10.7. The molecule has 0 aliphatic carbocycles. The van der Waals surface area contributed by atoms with Crippen LogP contribution in [-0.2, 0) is 11.3 Å². The van der Waals surface area contributed by atoms with E-state index in [-0.39, 0.29) is 12.5 Å². The number of aryl methyl sites for hydroxylation is 1. The quantitative estimate of drug-likeness (QED) is 0.424. The van der Waals surface area contributed by atoms with Gasteiger partial charge in [-0.1, -0.05) is 18.2 Å². The SMILES string of the molecule is CCNc1nc(C)cc(Nc2ccc(NC(=O)Cn3ccc4ccccc43)cc2)n1. The van der Waals surface area contributed by atoms with Gasteiger partial charge in [-0.25, -0.2) is 4.98 Å². The minimum atomic E-state index is -0.0706. The molecule has 2 aromatic carbocycles. The van der Waals surface area contributed by atoms with Crippen LogP contribution in [0.15, 0.2) is 66.9 Å². The Hall–Kier alpha value is -3.87. The van der Waals surface area contributed by atoms with Crippen molar-refractivity contribution in [3.63, 3.8) is 0 Å². The zero-order chi connectivity index (χ0) is 20.9. The molecule has 0 radical (unpaired) electrons. The first kappa shape index (κ1) is 19.4. The molecule has 4 aromatic rings. The molecule has 0 atom stereocenters. The van der Waals surface area contributed by atoms with Gasteiger partial charge in [-0.3, -0.25) is 4.79 Å². The predicted molar refractivity (Wildman–Crippen MR) is 121 cm³/mol. The first-order chi connectivity index (χ1) is 14.6. The Balaban J connectivity index is 1.39. The lowest BCUT2D eigenvalue weighted by atomic mass is 10.2. The lowest BCUT2D eigenvalue weighted by Gasteiger charge is -2.11. The number of amides is 1. The van der Waals surface area contributed by atoms with E-state index in [4.69, 9.17) is 0 Å². The summed E-state index contributed by atoms with van der Waals surface area (Å²) in [5.74, 6) is 1.25. The van der Waals surface area contributed by atoms with Crippen molar-refractivity contribution >= 4 is 40.0 Å². The molecular weight excluding hydrogens is 376 g/mol. The van der Waals surface area contributed by atoms with Crippen molar-refractivity contribution in [1.29, 1.82) is 0 Å². The largest absolute Gasteiger partial charge is 0.354 e. The van der Waals surface area contributed by atoms with Crippen molar-refractivity contribution in [1.82, 2.24) is 14.5 Å². The first-order valence-electron chi connectivity index (χ1n) is 9.91. The summed E-state index contributed by atoms with van der Waals surface area (Å²) in [7, 11) is 0. The van der Waals surface area contributed by atoms with Crippen molar-refractivity contribution in [2.24, 2.45) is 0 Å². The number of benzene rings is 2. The van der Waals surface area contributed by atoms with Crippen LogP contribution in [0.25, 0.3) is 10.9 Å². The van der Waals surface area contributed by atoms with Crippen LogP contribution in [0.4, 0.5) is 23.1 Å². The fourth-order valence-electron chi connectivity index (χ4n) is 3.29. The standard InChI is InChI=1S/C23H24N6O/c1-3-24-23-25-16(2)14-21(28-23)26-18-8-10-19(11-9-18)27-22(30)15-29-13-12-17-6-4-5-7-20(17)29/h4-14H,3,15H2,1-2H3,(H,27,30)(H2,24,25,26,28). The third-order valence-corrected chi connectivity index (χ3v) is 4.62. The Bertz CT molecular complexity index is 1170. The Kier molecular flexibility index (Phi) is 5.61. The van der Waals surface area contributed by atoms with Gasteiger partial charge in [0.25, 0.3) is 0 Å². The topological polar surface area (TPSA) is 83.9 Å². The average molecular weight is 400 g/mol. The molecule has 7 nitrogen and oxygen atoms in total. The van der Waals surface area contributed by atoms with Crippen LogP contribution in [0.1, 0.15) is 12.6 Å². The van der Waals surface area contributed by atoms with Gasteiger partial charge in [0.1, 0.15) is 12.4 Å². The average Bonchev–Trinajstić information content (AvgIpc) is 3.12. The highest BCUT2D eigenvalue weighted by Crippen LogP contribution is 2.20. The smallest absolute Gasteiger partial charge is 0.244 e. The van der Waals surface area contributed by atoms with E-state index >= 15 is 0 Å². The minimum Gasteiger partial charge on any atom is -0.354 e. The van der Waals surface area contributed by atoms with E-state index in [2.05, 4.69) is 25.9 Å². The third kappa shape index (κ3) is 4.57. The Labute approximate surface area is 175 Å². The molecule has 4 rings (SSSR count). The van der Waals surface area contributed by atoms with Gasteiger partial charge >= 0.3 is 0 Å². The zero-order valence-electron chi connectivity index (χ0n) is 17.0. The predicted octanol–water partition coefficient (Wildman–Crippen LogP) is 4.55. The molecule has 2 heterocycles. The molecule has 1 amide bonds. The van der Waals surface area contributed by atoms with E-state index in [1.807, 2.05) is 85.3 Å². The van der Waals surface area contributed by atoms with E-state index in [1.165, 1.54) is 0 Å². The molecule has 7 heteroatoms. The maximum Gasteiger partial charge on any atom is 0.244 e.